The molecule has 7 heavy (non-hydrogen) atoms. The van der Waals surface area contributed by atoms with Gasteiger partial charge >= 0.3 is 0 Å². The van der Waals surface area contributed by atoms with Crippen LogP contribution in [-0.2, 0) is 0 Å². The van der Waals surface area contributed by atoms with E-state index in [1.807, 2.05) is 0 Å². The Hall–Kier alpha value is -0.700. The van der Waals surface area contributed by atoms with Crippen LogP contribution in [0.2, 0.25) is 0 Å². The first-order valence-electron chi connectivity index (χ1n) is 1.76. The highest BCUT2D eigenvalue weighted by molar-refractivity contribution is 7.12. The van der Waals surface area contributed by atoms with E-state index < -0.39 is 0 Å². The molecule has 0 saturated carbocycles. The standard InChI is InChI=1S/C4H4O2S/c5-3-1-2-7-4(3)6/h1-2,5-6H. The molecule has 0 spiro atoms. The topological polar surface area (TPSA) is 40.5 Å². The van der Waals surface area contributed by atoms with Crippen molar-refractivity contribution in [3.05, 3.63) is 11.4 Å². The van der Waals surface area contributed by atoms with Crippen LogP contribution in [0.4, 0.5) is 0 Å². The predicted molar refractivity (Wildman–Crippen MR) is 27.6 cm³/mol. The van der Waals surface area contributed by atoms with Gasteiger partial charge in [0.1, 0.15) is 0 Å². The fraction of sp³-hybridized carbons (Fsp3) is 0. The molecule has 0 saturated heterocycles. The van der Waals surface area contributed by atoms with Gasteiger partial charge in [-0.25, -0.2) is 0 Å². The van der Waals surface area contributed by atoms with Gasteiger partial charge in [0.15, 0.2) is 5.75 Å². The Labute approximate surface area is 44.7 Å². The van der Waals surface area contributed by atoms with Crippen LogP contribution in [-0.4, -0.2) is 10.2 Å². The minimum atomic E-state index is -0.0370. The molecule has 0 atom stereocenters. The lowest BCUT2D eigenvalue weighted by Gasteiger charge is -1.79. The van der Waals surface area contributed by atoms with Crippen molar-refractivity contribution in [2.45, 2.75) is 0 Å². The molecule has 1 aromatic heterocycles. The highest BCUT2D eigenvalue weighted by Gasteiger charge is 1.94. The molecule has 0 aromatic carbocycles. The van der Waals surface area contributed by atoms with E-state index in [0.29, 0.717) is 0 Å². The quantitative estimate of drug-likeness (QED) is 0.534. The molecule has 2 nitrogen and oxygen atoms in total. The zero-order valence-electron chi connectivity index (χ0n) is 3.46. The Morgan fingerprint density at radius 1 is 1.43 bits per heavy atom. The summed E-state index contributed by atoms with van der Waals surface area (Å²) in [6.07, 6.45) is 0. The van der Waals surface area contributed by atoms with Crippen molar-refractivity contribution in [3.63, 3.8) is 0 Å². The van der Waals surface area contributed by atoms with Crippen molar-refractivity contribution in [2.75, 3.05) is 0 Å². The highest BCUT2D eigenvalue weighted by atomic mass is 32.1. The molecule has 1 heterocycles. The van der Waals surface area contributed by atoms with Crippen LogP contribution in [0.15, 0.2) is 11.4 Å². The Bertz CT molecular complexity index is 142. The summed E-state index contributed by atoms with van der Waals surface area (Å²) in [5.74, 6) is -0.0370. The fourth-order valence-corrected chi connectivity index (χ4v) is 0.809. The maximum atomic E-state index is 8.53. The molecule has 0 amide bonds. The average molecular weight is 116 g/mol. The summed E-state index contributed by atoms with van der Waals surface area (Å²) in [6, 6.07) is 1.44. The van der Waals surface area contributed by atoms with E-state index in [1.165, 1.54) is 6.07 Å². The van der Waals surface area contributed by atoms with Crippen LogP contribution in [0.5, 0.6) is 10.8 Å². The first-order valence-corrected chi connectivity index (χ1v) is 2.64. The largest absolute Gasteiger partial charge is 0.504 e. The van der Waals surface area contributed by atoms with E-state index in [4.69, 9.17) is 10.2 Å². The van der Waals surface area contributed by atoms with Gasteiger partial charge in [-0.1, -0.05) is 0 Å². The van der Waals surface area contributed by atoms with Gasteiger partial charge in [-0.3, -0.25) is 0 Å². The molecule has 0 bridgehead atoms. The number of thiophene rings is 1. The molecule has 1 aromatic rings. The summed E-state index contributed by atoms with van der Waals surface area (Å²) >= 11 is 1.11. The van der Waals surface area contributed by atoms with E-state index in [0.717, 1.165) is 11.3 Å². The molecule has 0 radical (unpaired) electrons. The van der Waals surface area contributed by atoms with Crippen molar-refractivity contribution >= 4 is 11.3 Å². The molecule has 0 aliphatic carbocycles. The molecule has 2 N–H and O–H groups in total. The Morgan fingerprint density at radius 3 is 2.29 bits per heavy atom. The van der Waals surface area contributed by atoms with Crippen LogP contribution in [0, 0.1) is 0 Å². The molecule has 0 unspecified atom stereocenters. The summed E-state index contributed by atoms with van der Waals surface area (Å²) in [6.45, 7) is 0. The van der Waals surface area contributed by atoms with E-state index in [1.54, 1.807) is 5.38 Å². The van der Waals surface area contributed by atoms with E-state index in [-0.39, 0.29) is 10.8 Å². The number of hydrogen-bond acceptors (Lipinski definition) is 3. The van der Waals surface area contributed by atoms with Gasteiger partial charge in [0.2, 0.25) is 5.06 Å². The molecular weight excluding hydrogens is 112 g/mol. The molecule has 3 heteroatoms. The Morgan fingerprint density at radius 2 is 2.14 bits per heavy atom. The number of aromatic hydroxyl groups is 2. The van der Waals surface area contributed by atoms with Gasteiger partial charge in [0, 0.05) is 0 Å². The average Bonchev–Trinajstić information content (AvgIpc) is 1.91. The van der Waals surface area contributed by atoms with Crippen LogP contribution >= 0.6 is 11.3 Å². The van der Waals surface area contributed by atoms with Gasteiger partial charge < -0.3 is 10.2 Å². The van der Waals surface area contributed by atoms with Gasteiger partial charge in [-0.15, -0.1) is 11.3 Å². The van der Waals surface area contributed by atoms with Crippen molar-refractivity contribution in [1.82, 2.24) is 0 Å². The lowest BCUT2D eigenvalue weighted by atomic mass is 10.6. The predicted octanol–water partition coefficient (Wildman–Crippen LogP) is 1.16. The summed E-state index contributed by atoms with van der Waals surface area (Å²) in [4.78, 5) is 0. The number of hydrogen-bond donors (Lipinski definition) is 2. The Kier molecular flexibility index (Phi) is 0.906. The van der Waals surface area contributed by atoms with Crippen molar-refractivity contribution < 1.29 is 10.2 Å². The summed E-state index contributed by atoms with van der Waals surface area (Å²) < 4.78 is 0. The van der Waals surface area contributed by atoms with Gasteiger partial charge in [-0.2, -0.15) is 0 Å². The van der Waals surface area contributed by atoms with Crippen molar-refractivity contribution in [1.29, 1.82) is 0 Å². The first kappa shape index (κ1) is 4.46. The minimum Gasteiger partial charge on any atom is -0.504 e. The molecule has 0 fully saturated rings. The van der Waals surface area contributed by atoms with Crippen LogP contribution in [0.25, 0.3) is 0 Å². The number of rotatable bonds is 0. The highest BCUT2D eigenvalue weighted by Crippen LogP contribution is 2.29. The van der Waals surface area contributed by atoms with E-state index in [9.17, 15) is 0 Å². The maximum absolute atomic E-state index is 8.53. The second kappa shape index (κ2) is 1.42. The molecular formula is C4H4O2S. The Balaban J connectivity index is 3.12. The van der Waals surface area contributed by atoms with Gasteiger partial charge in [-0.05, 0) is 11.4 Å². The minimum absolute atomic E-state index is 0.0139. The van der Waals surface area contributed by atoms with Crippen LogP contribution in [0.1, 0.15) is 0 Å². The van der Waals surface area contributed by atoms with E-state index in [2.05, 4.69) is 0 Å². The zero-order valence-corrected chi connectivity index (χ0v) is 4.27. The second-order valence-electron chi connectivity index (χ2n) is 1.11. The fourth-order valence-electron chi connectivity index (χ4n) is 0.295. The second-order valence-corrected chi connectivity index (χ2v) is 2.01. The maximum Gasteiger partial charge on any atom is 0.214 e. The third-order valence-electron chi connectivity index (χ3n) is 0.625. The molecule has 0 aliphatic heterocycles. The monoisotopic (exact) mass is 116 g/mol. The third-order valence-corrected chi connectivity index (χ3v) is 1.33. The van der Waals surface area contributed by atoms with Crippen molar-refractivity contribution in [2.24, 2.45) is 0 Å². The van der Waals surface area contributed by atoms with Crippen LogP contribution < -0.4 is 0 Å². The molecule has 1 rings (SSSR count). The van der Waals surface area contributed by atoms with Crippen LogP contribution in [0.3, 0.4) is 0 Å². The zero-order chi connectivity index (χ0) is 5.28. The van der Waals surface area contributed by atoms with Gasteiger partial charge in [0.25, 0.3) is 0 Å². The normalized spacial score (nSPS) is 9.14. The molecule has 38 valence electrons. The summed E-state index contributed by atoms with van der Waals surface area (Å²) in [5.41, 5.74) is 0. The smallest absolute Gasteiger partial charge is 0.214 e. The SMILES string of the molecule is Oc1ccsc1O. The van der Waals surface area contributed by atoms with E-state index >= 15 is 0 Å². The summed E-state index contributed by atoms with van der Waals surface area (Å²) in [7, 11) is 0. The van der Waals surface area contributed by atoms with Crippen molar-refractivity contribution in [3.8, 4) is 10.8 Å². The lowest BCUT2D eigenvalue weighted by Crippen LogP contribution is -1.48. The summed E-state index contributed by atoms with van der Waals surface area (Å²) in [5, 5.41) is 18.6. The molecule has 0 aliphatic rings. The lowest BCUT2D eigenvalue weighted by molar-refractivity contribution is 0.415. The third kappa shape index (κ3) is 0.667. The first-order chi connectivity index (χ1) is 3.30. The van der Waals surface area contributed by atoms with Gasteiger partial charge in [0.05, 0.1) is 0 Å².